The monoisotopic (exact) mass is 452 g/mol. The summed E-state index contributed by atoms with van der Waals surface area (Å²) in [7, 11) is 8.12. The number of carbonyl (C=O) groups is 1. The quantitative estimate of drug-likeness (QED) is 0.310. The second-order valence-electron chi connectivity index (χ2n) is 9.35. The summed E-state index contributed by atoms with van der Waals surface area (Å²) in [6, 6.07) is 4.16. The van der Waals surface area contributed by atoms with E-state index >= 15 is 0 Å². The molecule has 172 valence electrons. The van der Waals surface area contributed by atoms with E-state index in [0.29, 0.717) is 11.0 Å². The van der Waals surface area contributed by atoms with Crippen molar-refractivity contribution in [3.05, 3.63) is 65.3 Å². The summed E-state index contributed by atoms with van der Waals surface area (Å²) in [5.74, 6) is 1.90. The Bertz CT molecular complexity index is 1250. The van der Waals surface area contributed by atoms with Crippen LogP contribution < -0.4 is 10.4 Å². The molecule has 5 heterocycles. The van der Waals surface area contributed by atoms with Crippen molar-refractivity contribution in [3.8, 4) is 0 Å². The van der Waals surface area contributed by atoms with Crippen LogP contribution in [0.15, 0.2) is 47.7 Å². The summed E-state index contributed by atoms with van der Waals surface area (Å²) in [6.45, 7) is 12.3. The van der Waals surface area contributed by atoms with E-state index in [1.165, 1.54) is 0 Å². The van der Waals surface area contributed by atoms with Crippen LogP contribution >= 0.6 is 0 Å². The summed E-state index contributed by atoms with van der Waals surface area (Å²) in [5.41, 5.74) is 6.18. The third-order valence-electron chi connectivity index (χ3n) is 7.08. The standard InChI is InChI=1S/C26H29BN6O/c1-15-7-11-33(23-16(2)6-9-29-22(15)23)25-20(12-21(27)18(4)30-25)24(28-5)31-13-19(14-31)32-10-8-17(3)26(32)34/h6-7,9,11-12,15,19H,3,8,10,13-14H2,1-2,4-5H3. The molecular formula is C26H29BN6O. The predicted molar refractivity (Wildman–Crippen MR) is 136 cm³/mol. The highest BCUT2D eigenvalue weighted by Gasteiger charge is 2.40. The third-order valence-corrected chi connectivity index (χ3v) is 7.08. The van der Waals surface area contributed by atoms with Crippen LogP contribution in [0.2, 0.25) is 0 Å². The van der Waals surface area contributed by atoms with E-state index in [2.05, 4.69) is 52.5 Å². The van der Waals surface area contributed by atoms with Gasteiger partial charge < -0.3 is 9.80 Å². The van der Waals surface area contributed by atoms with Gasteiger partial charge >= 0.3 is 0 Å². The van der Waals surface area contributed by atoms with Crippen LogP contribution in [0.1, 0.15) is 41.8 Å². The second kappa shape index (κ2) is 8.42. The van der Waals surface area contributed by atoms with Crippen LogP contribution in [0.5, 0.6) is 0 Å². The minimum absolute atomic E-state index is 0.0775. The zero-order valence-electron chi connectivity index (χ0n) is 20.2. The molecule has 7 nitrogen and oxygen atoms in total. The fourth-order valence-electron chi connectivity index (χ4n) is 5.00. The molecule has 34 heavy (non-hydrogen) atoms. The lowest BCUT2D eigenvalue weighted by atomic mass is 9.91. The molecule has 2 saturated heterocycles. The lowest BCUT2D eigenvalue weighted by Crippen LogP contribution is -2.61. The maximum absolute atomic E-state index is 12.4. The highest BCUT2D eigenvalue weighted by Crippen LogP contribution is 2.39. The number of carbonyl (C=O) groups excluding carboxylic acids is 1. The molecular weight excluding hydrogens is 423 g/mol. The van der Waals surface area contributed by atoms with Gasteiger partial charge in [-0.15, -0.1) is 0 Å². The number of pyridine rings is 2. The van der Waals surface area contributed by atoms with Crippen molar-refractivity contribution in [1.82, 2.24) is 19.8 Å². The van der Waals surface area contributed by atoms with E-state index in [4.69, 9.17) is 12.8 Å². The summed E-state index contributed by atoms with van der Waals surface area (Å²) >= 11 is 0. The first-order valence-corrected chi connectivity index (χ1v) is 11.7. The van der Waals surface area contributed by atoms with Gasteiger partial charge in [0.05, 0.1) is 23.0 Å². The maximum atomic E-state index is 12.4. The molecule has 2 aromatic heterocycles. The molecule has 0 aliphatic carbocycles. The van der Waals surface area contributed by atoms with Crippen molar-refractivity contribution < 1.29 is 4.79 Å². The summed E-state index contributed by atoms with van der Waals surface area (Å²) < 4.78 is 0. The Hall–Kier alpha value is -3.42. The molecule has 3 aliphatic rings. The molecule has 0 aromatic carbocycles. The van der Waals surface area contributed by atoms with E-state index in [1.807, 2.05) is 30.2 Å². The van der Waals surface area contributed by atoms with Crippen LogP contribution in [0.4, 0.5) is 11.5 Å². The van der Waals surface area contributed by atoms with Gasteiger partial charge in [0.1, 0.15) is 19.5 Å². The zero-order chi connectivity index (χ0) is 24.1. The lowest BCUT2D eigenvalue weighted by molar-refractivity contribution is -0.128. The number of aryl methyl sites for hydroxylation is 2. The first-order chi connectivity index (χ1) is 16.3. The normalized spacial score (nSPS) is 20.8. The van der Waals surface area contributed by atoms with Crippen LogP contribution in [-0.4, -0.2) is 72.1 Å². The molecule has 2 radical (unpaired) electrons. The average molecular weight is 452 g/mol. The number of nitrogens with zero attached hydrogens (tertiary/aromatic N) is 6. The molecule has 0 saturated carbocycles. The van der Waals surface area contributed by atoms with Crippen molar-refractivity contribution in [1.29, 1.82) is 0 Å². The van der Waals surface area contributed by atoms with Crippen molar-refractivity contribution in [2.24, 2.45) is 4.99 Å². The van der Waals surface area contributed by atoms with E-state index in [1.54, 1.807) is 7.05 Å². The zero-order valence-corrected chi connectivity index (χ0v) is 20.2. The Morgan fingerprint density at radius 2 is 2.06 bits per heavy atom. The molecule has 1 unspecified atom stereocenters. The van der Waals surface area contributed by atoms with E-state index in [-0.39, 0.29) is 17.9 Å². The molecule has 3 aliphatic heterocycles. The highest BCUT2D eigenvalue weighted by atomic mass is 16.2. The predicted octanol–water partition coefficient (Wildman–Crippen LogP) is 2.51. The van der Waals surface area contributed by atoms with Crippen LogP contribution in [0.25, 0.3) is 0 Å². The van der Waals surface area contributed by atoms with Crippen LogP contribution in [0.3, 0.4) is 0 Å². The Labute approximate surface area is 202 Å². The van der Waals surface area contributed by atoms with Gasteiger partial charge in [-0.1, -0.05) is 31.1 Å². The molecule has 2 aromatic rings. The number of fused-ring (bicyclic) bond motifs is 1. The number of aliphatic imine (C=N–C) groups is 1. The first-order valence-electron chi connectivity index (χ1n) is 11.7. The topological polar surface area (TPSA) is 64.9 Å². The van der Waals surface area contributed by atoms with Crippen LogP contribution in [0, 0.1) is 13.8 Å². The third kappa shape index (κ3) is 3.52. The van der Waals surface area contributed by atoms with Gasteiger partial charge in [0.15, 0.2) is 0 Å². The Morgan fingerprint density at radius 1 is 1.29 bits per heavy atom. The first kappa shape index (κ1) is 22.4. The Morgan fingerprint density at radius 3 is 2.74 bits per heavy atom. The number of amides is 1. The SMILES string of the molecule is [B]c1cc(C(=NC)N2CC(N3CCC(=C)C3=O)C2)c(N2C=CC(C)c3nccc(C)c32)nc1C. The maximum Gasteiger partial charge on any atom is 0.249 e. The molecule has 5 rings (SSSR count). The van der Waals surface area contributed by atoms with Crippen molar-refractivity contribution in [2.75, 3.05) is 31.6 Å². The number of hydrogen-bond donors (Lipinski definition) is 0. The Balaban J connectivity index is 1.51. The molecule has 2 fully saturated rings. The fraction of sp³-hybridized carbons (Fsp3) is 0.385. The van der Waals surface area contributed by atoms with Gasteiger partial charge in [-0.05, 0) is 31.9 Å². The lowest BCUT2D eigenvalue weighted by Gasteiger charge is -2.46. The fourth-order valence-corrected chi connectivity index (χ4v) is 5.00. The molecule has 8 heteroatoms. The number of hydrogen-bond acceptors (Lipinski definition) is 5. The smallest absolute Gasteiger partial charge is 0.249 e. The molecule has 0 N–H and O–H groups in total. The van der Waals surface area contributed by atoms with Gasteiger partial charge in [-0.25, -0.2) is 4.98 Å². The summed E-state index contributed by atoms with van der Waals surface area (Å²) in [4.78, 5) is 32.9. The highest BCUT2D eigenvalue weighted by molar-refractivity contribution is 6.33. The van der Waals surface area contributed by atoms with E-state index in [9.17, 15) is 4.79 Å². The van der Waals surface area contributed by atoms with E-state index < -0.39 is 0 Å². The van der Waals surface area contributed by atoms with Crippen molar-refractivity contribution >= 4 is 36.6 Å². The van der Waals surface area contributed by atoms with Gasteiger partial charge in [0, 0.05) is 56.3 Å². The molecule has 1 amide bonds. The summed E-state index contributed by atoms with van der Waals surface area (Å²) in [6.07, 6.45) is 6.82. The molecule has 0 spiro atoms. The van der Waals surface area contributed by atoms with Gasteiger partial charge in [0.25, 0.3) is 0 Å². The minimum atomic E-state index is 0.0775. The molecule has 0 bridgehead atoms. The number of aromatic nitrogens is 2. The van der Waals surface area contributed by atoms with Gasteiger partial charge in [-0.3, -0.25) is 19.7 Å². The second-order valence-corrected chi connectivity index (χ2v) is 9.35. The van der Waals surface area contributed by atoms with Crippen molar-refractivity contribution in [2.45, 2.75) is 39.2 Å². The number of rotatable bonds is 3. The number of allylic oxidation sites excluding steroid dienone is 1. The van der Waals surface area contributed by atoms with E-state index in [0.717, 1.165) is 65.9 Å². The van der Waals surface area contributed by atoms with Gasteiger partial charge in [-0.2, -0.15) is 0 Å². The summed E-state index contributed by atoms with van der Waals surface area (Å²) in [5, 5.41) is 0. The largest absolute Gasteiger partial charge is 0.352 e. The van der Waals surface area contributed by atoms with Crippen LogP contribution in [-0.2, 0) is 4.79 Å². The molecule has 1 atom stereocenters. The average Bonchev–Trinajstić information content (AvgIpc) is 3.11. The van der Waals surface area contributed by atoms with Crippen molar-refractivity contribution in [3.63, 3.8) is 0 Å². The van der Waals surface area contributed by atoms with Gasteiger partial charge in [0.2, 0.25) is 5.91 Å². The number of likely N-dealkylation sites (tertiary alicyclic amines) is 2. The Kier molecular flexibility index (Phi) is 5.54. The minimum Gasteiger partial charge on any atom is -0.352 e. The number of anilines is 2. The number of amidine groups is 1.